The van der Waals surface area contributed by atoms with Gasteiger partial charge in [-0.2, -0.15) is 0 Å². The molecule has 0 aromatic carbocycles. The molecule has 1 N–H and O–H groups in total. The predicted octanol–water partition coefficient (Wildman–Crippen LogP) is 1.47. The van der Waals surface area contributed by atoms with Crippen molar-refractivity contribution in [1.29, 1.82) is 0 Å². The SMILES string of the molecule is OCCCCN(Cc1cnc2ncccn12)C1CC1. The number of imidazole rings is 1. The molecule has 0 atom stereocenters. The highest BCUT2D eigenvalue weighted by molar-refractivity contribution is 5.30. The summed E-state index contributed by atoms with van der Waals surface area (Å²) in [7, 11) is 0. The normalized spacial score (nSPS) is 15.5. The van der Waals surface area contributed by atoms with Crippen LogP contribution in [0.4, 0.5) is 0 Å². The van der Waals surface area contributed by atoms with Crippen molar-refractivity contribution in [1.82, 2.24) is 19.3 Å². The van der Waals surface area contributed by atoms with Gasteiger partial charge in [0.2, 0.25) is 5.78 Å². The number of fused-ring (bicyclic) bond motifs is 1. The maximum atomic E-state index is 8.89. The molecule has 3 rings (SSSR count). The molecule has 0 saturated heterocycles. The van der Waals surface area contributed by atoms with Crippen molar-refractivity contribution < 1.29 is 5.11 Å². The molecule has 19 heavy (non-hydrogen) atoms. The third kappa shape index (κ3) is 2.93. The van der Waals surface area contributed by atoms with Gasteiger partial charge < -0.3 is 5.11 Å². The van der Waals surface area contributed by atoms with E-state index in [1.165, 1.54) is 18.5 Å². The van der Waals surface area contributed by atoms with Crippen LogP contribution in [-0.2, 0) is 6.54 Å². The first-order chi connectivity index (χ1) is 9.38. The highest BCUT2D eigenvalue weighted by Gasteiger charge is 2.29. The average Bonchev–Trinajstić information content (AvgIpc) is 3.21. The first kappa shape index (κ1) is 12.6. The standard InChI is InChI=1S/C14H20N4O/c19-9-2-1-7-17(12-4-5-12)11-13-10-16-14-15-6-3-8-18(13)14/h3,6,8,10,12,19H,1-2,4-5,7,9,11H2. The van der Waals surface area contributed by atoms with Gasteiger partial charge in [-0.15, -0.1) is 0 Å². The quantitative estimate of drug-likeness (QED) is 0.766. The van der Waals surface area contributed by atoms with Crippen molar-refractivity contribution in [3.8, 4) is 0 Å². The van der Waals surface area contributed by atoms with E-state index in [0.29, 0.717) is 0 Å². The molecule has 0 spiro atoms. The molecular formula is C14H20N4O. The lowest BCUT2D eigenvalue weighted by atomic mass is 10.3. The molecular weight excluding hydrogens is 240 g/mol. The molecule has 5 nitrogen and oxygen atoms in total. The summed E-state index contributed by atoms with van der Waals surface area (Å²) >= 11 is 0. The average molecular weight is 260 g/mol. The van der Waals surface area contributed by atoms with Crippen LogP contribution in [0.25, 0.3) is 5.78 Å². The molecule has 0 amide bonds. The lowest BCUT2D eigenvalue weighted by Crippen LogP contribution is -2.27. The number of hydrogen-bond acceptors (Lipinski definition) is 4. The molecule has 1 fully saturated rings. The molecule has 0 unspecified atom stereocenters. The summed E-state index contributed by atoms with van der Waals surface area (Å²) < 4.78 is 2.06. The molecule has 0 bridgehead atoms. The zero-order valence-electron chi connectivity index (χ0n) is 11.1. The zero-order chi connectivity index (χ0) is 13.1. The third-order valence-electron chi connectivity index (χ3n) is 3.65. The Morgan fingerprint density at radius 3 is 3.00 bits per heavy atom. The van der Waals surface area contributed by atoms with Gasteiger partial charge in [-0.1, -0.05) is 0 Å². The summed E-state index contributed by atoms with van der Waals surface area (Å²) in [6.07, 6.45) is 10.3. The monoisotopic (exact) mass is 260 g/mol. The van der Waals surface area contributed by atoms with E-state index >= 15 is 0 Å². The first-order valence-electron chi connectivity index (χ1n) is 7.00. The summed E-state index contributed by atoms with van der Waals surface area (Å²) in [4.78, 5) is 11.1. The van der Waals surface area contributed by atoms with Crippen LogP contribution in [0.15, 0.2) is 24.7 Å². The summed E-state index contributed by atoms with van der Waals surface area (Å²) in [6.45, 7) is 2.26. The Kier molecular flexibility index (Phi) is 3.75. The van der Waals surface area contributed by atoms with Crippen LogP contribution in [-0.4, -0.2) is 43.6 Å². The zero-order valence-corrected chi connectivity index (χ0v) is 11.1. The van der Waals surface area contributed by atoms with Gasteiger partial charge in [0.1, 0.15) is 0 Å². The summed E-state index contributed by atoms with van der Waals surface area (Å²) in [6, 6.07) is 2.66. The second kappa shape index (κ2) is 5.67. The van der Waals surface area contributed by atoms with E-state index in [1.807, 2.05) is 18.5 Å². The van der Waals surface area contributed by atoms with Crippen LogP contribution in [0.5, 0.6) is 0 Å². The van der Waals surface area contributed by atoms with Crippen LogP contribution in [0, 0.1) is 0 Å². The van der Waals surface area contributed by atoms with E-state index in [-0.39, 0.29) is 6.61 Å². The van der Waals surface area contributed by atoms with E-state index in [4.69, 9.17) is 5.11 Å². The van der Waals surface area contributed by atoms with Crippen LogP contribution >= 0.6 is 0 Å². The topological polar surface area (TPSA) is 53.7 Å². The van der Waals surface area contributed by atoms with Gasteiger partial charge in [0.15, 0.2) is 0 Å². The van der Waals surface area contributed by atoms with Crippen LogP contribution in [0.1, 0.15) is 31.4 Å². The number of rotatable bonds is 7. The van der Waals surface area contributed by atoms with Crippen LogP contribution in [0.2, 0.25) is 0 Å². The van der Waals surface area contributed by atoms with Gasteiger partial charge in [-0.3, -0.25) is 9.30 Å². The maximum Gasteiger partial charge on any atom is 0.233 e. The molecule has 2 heterocycles. The van der Waals surface area contributed by atoms with Gasteiger partial charge in [-0.25, -0.2) is 9.97 Å². The number of aromatic nitrogens is 3. The minimum atomic E-state index is 0.290. The fourth-order valence-electron chi connectivity index (χ4n) is 2.46. The van der Waals surface area contributed by atoms with E-state index in [0.717, 1.165) is 37.8 Å². The molecule has 1 aliphatic carbocycles. The van der Waals surface area contributed by atoms with E-state index in [9.17, 15) is 0 Å². The minimum Gasteiger partial charge on any atom is -0.396 e. The Hall–Kier alpha value is -1.46. The second-order valence-electron chi connectivity index (χ2n) is 5.17. The number of nitrogens with zero attached hydrogens (tertiary/aromatic N) is 4. The van der Waals surface area contributed by atoms with Crippen LogP contribution in [0.3, 0.4) is 0 Å². The summed E-state index contributed by atoms with van der Waals surface area (Å²) in [5.41, 5.74) is 1.19. The fourth-order valence-corrected chi connectivity index (χ4v) is 2.46. The van der Waals surface area contributed by atoms with Crippen molar-refractivity contribution in [3.05, 3.63) is 30.4 Å². The Labute approximate surface area is 112 Å². The van der Waals surface area contributed by atoms with E-state index < -0.39 is 0 Å². The highest BCUT2D eigenvalue weighted by Crippen LogP contribution is 2.28. The second-order valence-corrected chi connectivity index (χ2v) is 5.17. The van der Waals surface area contributed by atoms with Gasteiger partial charge in [0.05, 0.1) is 11.9 Å². The maximum absolute atomic E-state index is 8.89. The van der Waals surface area contributed by atoms with Gasteiger partial charge in [0.25, 0.3) is 0 Å². The van der Waals surface area contributed by atoms with Crippen molar-refractivity contribution in [2.24, 2.45) is 0 Å². The summed E-state index contributed by atoms with van der Waals surface area (Å²) in [5.74, 6) is 0.767. The Morgan fingerprint density at radius 1 is 1.32 bits per heavy atom. The van der Waals surface area contributed by atoms with E-state index in [2.05, 4.69) is 19.3 Å². The minimum absolute atomic E-state index is 0.290. The van der Waals surface area contributed by atoms with Gasteiger partial charge in [-0.05, 0) is 38.3 Å². The smallest absolute Gasteiger partial charge is 0.233 e. The molecule has 102 valence electrons. The molecule has 2 aromatic heterocycles. The molecule has 0 radical (unpaired) electrons. The van der Waals surface area contributed by atoms with Crippen molar-refractivity contribution >= 4 is 5.78 Å². The third-order valence-corrected chi connectivity index (χ3v) is 3.65. The molecule has 1 saturated carbocycles. The number of unbranched alkanes of at least 4 members (excludes halogenated alkanes) is 1. The Balaban J connectivity index is 1.70. The van der Waals surface area contributed by atoms with Gasteiger partial charge in [0, 0.05) is 31.6 Å². The van der Waals surface area contributed by atoms with Crippen molar-refractivity contribution in [2.45, 2.75) is 38.3 Å². The highest BCUT2D eigenvalue weighted by atomic mass is 16.2. The lowest BCUT2D eigenvalue weighted by Gasteiger charge is -2.21. The number of hydrogen-bond donors (Lipinski definition) is 1. The first-order valence-corrected chi connectivity index (χ1v) is 7.00. The van der Waals surface area contributed by atoms with E-state index in [1.54, 1.807) is 6.20 Å². The Morgan fingerprint density at radius 2 is 2.21 bits per heavy atom. The van der Waals surface area contributed by atoms with Crippen molar-refractivity contribution in [2.75, 3.05) is 13.2 Å². The van der Waals surface area contributed by atoms with Crippen LogP contribution < -0.4 is 0 Å². The molecule has 0 aliphatic heterocycles. The largest absolute Gasteiger partial charge is 0.396 e. The fraction of sp³-hybridized carbons (Fsp3) is 0.571. The van der Waals surface area contributed by atoms with Gasteiger partial charge >= 0.3 is 0 Å². The number of aliphatic hydroxyl groups excluding tert-OH is 1. The number of aliphatic hydroxyl groups is 1. The molecule has 5 heteroatoms. The molecule has 1 aliphatic rings. The Bertz CT molecular complexity index is 535. The lowest BCUT2D eigenvalue weighted by molar-refractivity contribution is 0.226. The van der Waals surface area contributed by atoms with Crippen molar-refractivity contribution in [3.63, 3.8) is 0 Å². The predicted molar refractivity (Wildman–Crippen MR) is 72.7 cm³/mol. The molecule has 2 aromatic rings. The summed E-state index contributed by atoms with van der Waals surface area (Å²) in [5, 5.41) is 8.89.